The third-order valence-electron chi connectivity index (χ3n) is 3.59. The molecule has 0 fully saturated rings. The first-order valence-electron chi connectivity index (χ1n) is 7.12. The highest BCUT2D eigenvalue weighted by Crippen LogP contribution is 2.44. The number of hydrogen-bond acceptors (Lipinski definition) is 2. The van der Waals surface area contributed by atoms with E-state index in [2.05, 4.69) is 0 Å². The van der Waals surface area contributed by atoms with E-state index in [1.165, 1.54) is 0 Å². The molecule has 2 aromatic carbocycles. The summed E-state index contributed by atoms with van der Waals surface area (Å²) in [5.41, 5.74) is 2.80. The van der Waals surface area contributed by atoms with E-state index in [-0.39, 0.29) is 0 Å². The van der Waals surface area contributed by atoms with Gasteiger partial charge in [0.1, 0.15) is 5.75 Å². The second kappa shape index (κ2) is 6.46. The van der Waals surface area contributed by atoms with Crippen LogP contribution in [0.25, 0.3) is 0 Å². The van der Waals surface area contributed by atoms with Gasteiger partial charge in [-0.25, -0.2) is 4.57 Å². The van der Waals surface area contributed by atoms with Crippen molar-refractivity contribution < 1.29 is 14.0 Å². The van der Waals surface area contributed by atoms with Crippen LogP contribution in [0.3, 0.4) is 0 Å². The van der Waals surface area contributed by atoms with Gasteiger partial charge in [-0.1, -0.05) is 43.7 Å². The molecule has 2 rings (SSSR count). The maximum Gasteiger partial charge on any atom is 0.408 e. The third kappa shape index (κ3) is 3.55. The molecule has 4 heteroatoms. The molecule has 0 radical (unpaired) electrons. The maximum atomic E-state index is 12.7. The van der Waals surface area contributed by atoms with E-state index >= 15 is 0 Å². The second-order valence-electron chi connectivity index (χ2n) is 5.19. The Balaban J connectivity index is 2.39. The van der Waals surface area contributed by atoms with Crippen molar-refractivity contribution in [2.75, 3.05) is 0 Å². The molecule has 0 saturated heterocycles. The molecule has 112 valence electrons. The zero-order valence-electron chi connectivity index (χ0n) is 12.7. The van der Waals surface area contributed by atoms with Gasteiger partial charge < -0.3 is 9.42 Å². The van der Waals surface area contributed by atoms with Crippen LogP contribution in [0.5, 0.6) is 5.75 Å². The summed E-state index contributed by atoms with van der Waals surface area (Å²) in [5.74, 6) is 0.465. The lowest BCUT2D eigenvalue weighted by molar-refractivity contribution is 0.392. The lowest BCUT2D eigenvalue weighted by atomic mass is 10.1. The quantitative estimate of drug-likeness (QED) is 0.844. The molecular formula is C17H21O3P. The van der Waals surface area contributed by atoms with E-state index in [9.17, 15) is 9.46 Å². The predicted molar refractivity (Wildman–Crippen MR) is 86.4 cm³/mol. The van der Waals surface area contributed by atoms with Crippen molar-refractivity contribution in [3.63, 3.8) is 0 Å². The van der Waals surface area contributed by atoms with Crippen molar-refractivity contribution in [1.82, 2.24) is 0 Å². The van der Waals surface area contributed by atoms with Crippen LogP contribution in [0.1, 0.15) is 30.0 Å². The van der Waals surface area contributed by atoms with Crippen LogP contribution in [-0.2, 0) is 11.0 Å². The van der Waals surface area contributed by atoms with Crippen LogP contribution < -0.4 is 9.83 Å². The standard InChI is InChI=1S/C17H21O3P/c1-4-8-15-10-5-6-12-17(15)21(18,19)20-16-11-7-9-13(2)14(16)3/h5-7,9-12H,4,8H2,1-3H3,(H,18,19). The molecular weight excluding hydrogens is 283 g/mol. The molecule has 0 aliphatic rings. The van der Waals surface area contributed by atoms with Crippen LogP contribution in [0, 0.1) is 13.8 Å². The molecule has 21 heavy (non-hydrogen) atoms. The first kappa shape index (κ1) is 15.8. The molecule has 0 aromatic heterocycles. The minimum atomic E-state index is -3.88. The highest BCUT2D eigenvalue weighted by Gasteiger charge is 2.27. The fourth-order valence-electron chi connectivity index (χ4n) is 2.27. The van der Waals surface area contributed by atoms with Gasteiger partial charge in [-0.05, 0) is 49.1 Å². The van der Waals surface area contributed by atoms with Gasteiger partial charge in [0.25, 0.3) is 0 Å². The second-order valence-corrected chi connectivity index (χ2v) is 6.89. The number of benzene rings is 2. The van der Waals surface area contributed by atoms with Gasteiger partial charge in [0.15, 0.2) is 0 Å². The Morgan fingerprint density at radius 3 is 2.52 bits per heavy atom. The highest BCUT2D eigenvalue weighted by molar-refractivity contribution is 7.61. The summed E-state index contributed by atoms with van der Waals surface area (Å²) in [6.45, 7) is 5.89. The van der Waals surface area contributed by atoms with E-state index in [0.717, 1.165) is 29.5 Å². The van der Waals surface area contributed by atoms with Crippen molar-refractivity contribution >= 4 is 12.9 Å². The van der Waals surface area contributed by atoms with Crippen molar-refractivity contribution in [2.24, 2.45) is 0 Å². The average molecular weight is 304 g/mol. The van der Waals surface area contributed by atoms with Gasteiger partial charge in [0.2, 0.25) is 0 Å². The lowest BCUT2D eigenvalue weighted by Gasteiger charge is -2.18. The van der Waals surface area contributed by atoms with E-state index in [1.54, 1.807) is 18.2 Å². The molecule has 0 heterocycles. The fourth-order valence-corrected chi connectivity index (χ4v) is 3.66. The number of hydrogen-bond donors (Lipinski definition) is 1. The third-order valence-corrected chi connectivity index (χ3v) is 5.08. The zero-order chi connectivity index (χ0) is 15.5. The summed E-state index contributed by atoms with van der Waals surface area (Å²) < 4.78 is 18.2. The molecule has 1 atom stereocenters. The summed E-state index contributed by atoms with van der Waals surface area (Å²) in [6.07, 6.45) is 1.68. The largest absolute Gasteiger partial charge is 0.421 e. The van der Waals surface area contributed by atoms with Crippen LogP contribution in [-0.4, -0.2) is 4.89 Å². The zero-order valence-corrected chi connectivity index (χ0v) is 13.6. The Labute approximate surface area is 126 Å². The van der Waals surface area contributed by atoms with Crippen LogP contribution in [0.4, 0.5) is 0 Å². The topological polar surface area (TPSA) is 46.5 Å². The van der Waals surface area contributed by atoms with Crippen molar-refractivity contribution in [3.05, 3.63) is 59.2 Å². The van der Waals surface area contributed by atoms with Crippen molar-refractivity contribution in [1.29, 1.82) is 0 Å². The fraction of sp³-hybridized carbons (Fsp3) is 0.294. The average Bonchev–Trinajstić information content (AvgIpc) is 2.44. The number of aryl methyl sites for hydroxylation is 2. The SMILES string of the molecule is CCCc1ccccc1P(=O)(O)Oc1cccc(C)c1C. The van der Waals surface area contributed by atoms with Gasteiger partial charge in [-0.15, -0.1) is 0 Å². The molecule has 0 aliphatic carbocycles. The summed E-state index contributed by atoms with van der Waals surface area (Å²) in [5, 5.41) is 0.396. The Kier molecular flexibility index (Phi) is 4.87. The first-order chi connectivity index (χ1) is 9.95. The van der Waals surface area contributed by atoms with E-state index in [4.69, 9.17) is 4.52 Å². The monoisotopic (exact) mass is 304 g/mol. The molecule has 1 unspecified atom stereocenters. The molecule has 0 saturated carbocycles. The van der Waals surface area contributed by atoms with E-state index < -0.39 is 7.60 Å². The summed E-state index contributed by atoms with van der Waals surface area (Å²) in [4.78, 5) is 10.4. The van der Waals surface area contributed by atoms with Crippen molar-refractivity contribution in [3.8, 4) is 5.75 Å². The Morgan fingerprint density at radius 2 is 1.81 bits per heavy atom. The molecule has 3 nitrogen and oxygen atoms in total. The minimum absolute atomic E-state index is 0.396. The van der Waals surface area contributed by atoms with Crippen LogP contribution >= 0.6 is 7.60 Å². The number of rotatable bonds is 5. The van der Waals surface area contributed by atoms with Crippen molar-refractivity contribution in [2.45, 2.75) is 33.6 Å². The van der Waals surface area contributed by atoms with Gasteiger partial charge >= 0.3 is 7.60 Å². The van der Waals surface area contributed by atoms with Gasteiger partial charge in [-0.3, -0.25) is 0 Å². The Bertz CT molecular complexity index is 679. The predicted octanol–water partition coefficient (Wildman–Crippen LogP) is 4.15. The highest BCUT2D eigenvalue weighted by atomic mass is 31.2. The van der Waals surface area contributed by atoms with E-state index in [1.807, 2.05) is 45.0 Å². The maximum absolute atomic E-state index is 12.7. The van der Waals surface area contributed by atoms with Crippen LogP contribution in [0.2, 0.25) is 0 Å². The van der Waals surface area contributed by atoms with Gasteiger partial charge in [0, 0.05) is 0 Å². The molecule has 0 spiro atoms. The summed E-state index contributed by atoms with van der Waals surface area (Å²) >= 11 is 0. The summed E-state index contributed by atoms with van der Waals surface area (Å²) in [6, 6.07) is 12.7. The van der Waals surface area contributed by atoms with Gasteiger partial charge in [0.05, 0.1) is 5.30 Å². The lowest BCUT2D eigenvalue weighted by Crippen LogP contribution is -2.15. The van der Waals surface area contributed by atoms with Gasteiger partial charge in [-0.2, -0.15) is 0 Å². The first-order valence-corrected chi connectivity index (χ1v) is 8.70. The molecule has 0 amide bonds. The molecule has 0 aliphatic heterocycles. The smallest absolute Gasteiger partial charge is 0.408 e. The molecule has 0 bridgehead atoms. The summed E-state index contributed by atoms with van der Waals surface area (Å²) in [7, 11) is -3.88. The normalized spacial score (nSPS) is 13.7. The van der Waals surface area contributed by atoms with Crippen LogP contribution in [0.15, 0.2) is 42.5 Å². The Morgan fingerprint density at radius 1 is 1.10 bits per heavy atom. The Hall–Kier alpha value is -1.57. The molecule has 1 N–H and O–H groups in total. The molecule has 2 aromatic rings. The minimum Gasteiger partial charge on any atom is -0.421 e. The van der Waals surface area contributed by atoms with E-state index in [0.29, 0.717) is 11.1 Å².